The van der Waals surface area contributed by atoms with Crippen LogP contribution in [0.4, 0.5) is 0 Å². The Morgan fingerprint density at radius 1 is 0.585 bits per heavy atom. The van der Waals surface area contributed by atoms with E-state index in [0.29, 0.717) is 11.5 Å². The third-order valence-corrected chi connectivity index (χ3v) is 9.71. The van der Waals surface area contributed by atoms with E-state index < -0.39 is 0 Å². The zero-order valence-corrected chi connectivity index (χ0v) is 28.9. The molecule has 0 aliphatic heterocycles. The summed E-state index contributed by atoms with van der Waals surface area (Å²) in [6.45, 7) is 19.6. The van der Waals surface area contributed by atoms with Crippen LogP contribution in [0.15, 0.2) is 24.3 Å². The Kier molecular flexibility index (Phi) is 14.6. The molecule has 0 saturated heterocycles. The molecule has 0 heterocycles. The van der Waals surface area contributed by atoms with Crippen molar-refractivity contribution < 1.29 is 10.2 Å². The van der Waals surface area contributed by atoms with Crippen molar-refractivity contribution in [1.82, 2.24) is 0 Å². The largest absolute Gasteiger partial charge is 0.508 e. The maximum Gasteiger partial charge on any atom is 0.119 e. The first-order valence-corrected chi connectivity index (χ1v) is 17.7. The summed E-state index contributed by atoms with van der Waals surface area (Å²) in [5.41, 5.74) is 6.64. The third kappa shape index (κ3) is 11.5. The summed E-state index contributed by atoms with van der Waals surface area (Å²) in [4.78, 5) is 0. The van der Waals surface area contributed by atoms with Crippen LogP contribution in [0.5, 0.6) is 11.5 Å². The summed E-state index contributed by atoms with van der Waals surface area (Å²) in [5, 5.41) is 21.6. The fraction of sp³-hybridized carbons (Fsp3) is 0.684. The lowest BCUT2D eigenvalue weighted by atomic mass is 9.76. The number of aromatic hydroxyl groups is 2. The van der Waals surface area contributed by atoms with E-state index >= 15 is 0 Å². The summed E-state index contributed by atoms with van der Waals surface area (Å²) in [6, 6.07) is 8.44. The minimum Gasteiger partial charge on any atom is -0.508 e. The monoisotopic (exact) mass is 582 g/mol. The first-order valence-electron chi connectivity index (χ1n) is 16.5. The molecule has 0 unspecified atom stereocenters. The van der Waals surface area contributed by atoms with Crippen LogP contribution in [-0.4, -0.2) is 21.7 Å². The predicted octanol–water partition coefficient (Wildman–Crippen LogP) is 11.9. The van der Waals surface area contributed by atoms with Crippen molar-refractivity contribution >= 4 is 11.8 Å². The highest BCUT2D eigenvalue weighted by Crippen LogP contribution is 2.42. The third-order valence-electron chi connectivity index (χ3n) is 8.56. The van der Waals surface area contributed by atoms with E-state index in [1.807, 2.05) is 12.1 Å². The SMILES string of the molecule is CCCCCCCCCCCCSCCCC(c1cc(C(C)(C)C)c(O)cc1C)c1cc(C(C)(C)C)c(O)cc1C. The second-order valence-electron chi connectivity index (χ2n) is 14.4. The number of thioether (sulfide) groups is 1. The molecule has 0 fully saturated rings. The molecule has 0 radical (unpaired) electrons. The average Bonchev–Trinajstić information content (AvgIpc) is 2.86. The Labute approximate surface area is 258 Å². The van der Waals surface area contributed by atoms with Crippen LogP contribution in [0.1, 0.15) is 165 Å². The van der Waals surface area contributed by atoms with E-state index in [1.54, 1.807) is 0 Å². The van der Waals surface area contributed by atoms with Gasteiger partial charge in [0.1, 0.15) is 11.5 Å². The summed E-state index contributed by atoms with van der Waals surface area (Å²) < 4.78 is 0. The van der Waals surface area contributed by atoms with Gasteiger partial charge in [0, 0.05) is 5.92 Å². The molecule has 41 heavy (non-hydrogen) atoms. The summed E-state index contributed by atoms with van der Waals surface area (Å²) in [7, 11) is 0. The molecule has 0 spiro atoms. The van der Waals surface area contributed by atoms with Crippen molar-refractivity contribution in [3.05, 3.63) is 57.6 Å². The lowest BCUT2D eigenvalue weighted by Gasteiger charge is -2.29. The van der Waals surface area contributed by atoms with Crippen molar-refractivity contribution in [2.75, 3.05) is 11.5 Å². The van der Waals surface area contributed by atoms with Gasteiger partial charge in [0.25, 0.3) is 0 Å². The van der Waals surface area contributed by atoms with E-state index in [-0.39, 0.29) is 16.7 Å². The van der Waals surface area contributed by atoms with E-state index in [0.717, 1.165) is 35.1 Å². The number of aryl methyl sites for hydroxylation is 2. The molecule has 3 heteroatoms. The molecule has 0 atom stereocenters. The number of hydrogen-bond acceptors (Lipinski definition) is 3. The van der Waals surface area contributed by atoms with Crippen LogP contribution >= 0.6 is 11.8 Å². The first kappa shape index (κ1) is 35.6. The van der Waals surface area contributed by atoms with E-state index in [1.165, 1.54) is 86.8 Å². The van der Waals surface area contributed by atoms with Crippen molar-refractivity contribution in [3.8, 4) is 11.5 Å². The summed E-state index contributed by atoms with van der Waals surface area (Å²) >= 11 is 2.11. The van der Waals surface area contributed by atoms with Gasteiger partial charge in [-0.05, 0) is 101 Å². The van der Waals surface area contributed by atoms with Crippen molar-refractivity contribution in [1.29, 1.82) is 0 Å². The van der Waals surface area contributed by atoms with E-state index in [9.17, 15) is 10.2 Å². The summed E-state index contributed by atoms with van der Waals surface area (Å²) in [6.07, 6.45) is 16.1. The topological polar surface area (TPSA) is 40.5 Å². The van der Waals surface area contributed by atoms with Gasteiger partial charge in [-0.25, -0.2) is 0 Å². The standard InChI is InChI=1S/C38H62O2S/c1-10-11-12-13-14-15-16-17-18-19-22-41-23-20-21-30(31-26-33(37(4,5)6)35(39)24-28(31)2)32-27-34(38(7,8)9)36(40)25-29(32)3/h24-27,30,39-40H,10-23H2,1-9H3. The molecule has 232 valence electrons. The van der Waals surface area contributed by atoms with Gasteiger partial charge in [0.05, 0.1) is 0 Å². The first-order chi connectivity index (χ1) is 19.3. The second-order valence-corrected chi connectivity index (χ2v) is 15.7. The number of phenolic OH excluding ortho intramolecular Hbond substituents is 2. The molecule has 0 saturated carbocycles. The van der Waals surface area contributed by atoms with Gasteiger partial charge in [-0.2, -0.15) is 11.8 Å². The maximum absolute atomic E-state index is 10.8. The molecule has 2 N–H and O–H groups in total. The predicted molar refractivity (Wildman–Crippen MR) is 183 cm³/mol. The van der Waals surface area contributed by atoms with Gasteiger partial charge in [-0.15, -0.1) is 0 Å². The molecule has 0 aliphatic rings. The van der Waals surface area contributed by atoms with E-state index in [2.05, 4.69) is 86.2 Å². The van der Waals surface area contributed by atoms with Crippen LogP contribution in [0.3, 0.4) is 0 Å². The zero-order chi connectivity index (χ0) is 30.6. The average molecular weight is 583 g/mol. The molecule has 2 aromatic rings. The number of unbranched alkanes of at least 4 members (excludes halogenated alkanes) is 9. The number of rotatable bonds is 17. The Bertz CT molecular complexity index is 988. The van der Waals surface area contributed by atoms with Crippen LogP contribution in [0, 0.1) is 13.8 Å². The Morgan fingerprint density at radius 2 is 0.976 bits per heavy atom. The highest BCUT2D eigenvalue weighted by atomic mass is 32.2. The highest BCUT2D eigenvalue weighted by Gasteiger charge is 2.27. The summed E-state index contributed by atoms with van der Waals surface area (Å²) in [5.74, 6) is 3.46. The smallest absolute Gasteiger partial charge is 0.119 e. The normalized spacial score (nSPS) is 12.4. The Balaban J connectivity index is 2.08. The molecule has 2 rings (SSSR count). The Hall–Kier alpha value is -1.61. The van der Waals surface area contributed by atoms with Crippen molar-refractivity contribution in [2.24, 2.45) is 0 Å². The molecule has 0 amide bonds. The van der Waals surface area contributed by atoms with Crippen molar-refractivity contribution in [2.45, 2.75) is 156 Å². The van der Waals surface area contributed by atoms with Gasteiger partial charge < -0.3 is 10.2 Å². The van der Waals surface area contributed by atoms with Gasteiger partial charge in [-0.3, -0.25) is 0 Å². The highest BCUT2D eigenvalue weighted by molar-refractivity contribution is 7.99. The second kappa shape index (κ2) is 16.9. The Morgan fingerprint density at radius 3 is 1.39 bits per heavy atom. The van der Waals surface area contributed by atoms with Crippen LogP contribution in [0.25, 0.3) is 0 Å². The van der Waals surface area contributed by atoms with Gasteiger partial charge in [0.15, 0.2) is 0 Å². The van der Waals surface area contributed by atoms with Gasteiger partial charge in [0.2, 0.25) is 0 Å². The minimum atomic E-state index is -0.136. The molecule has 0 bridgehead atoms. The quantitative estimate of drug-likeness (QED) is 0.182. The molecule has 0 aliphatic carbocycles. The fourth-order valence-electron chi connectivity index (χ4n) is 6.03. The van der Waals surface area contributed by atoms with Crippen LogP contribution in [-0.2, 0) is 10.8 Å². The molecule has 2 nitrogen and oxygen atoms in total. The fourth-order valence-corrected chi connectivity index (χ4v) is 7.02. The maximum atomic E-state index is 10.8. The number of hydrogen-bond donors (Lipinski definition) is 2. The van der Waals surface area contributed by atoms with Gasteiger partial charge >= 0.3 is 0 Å². The molecular weight excluding hydrogens is 520 g/mol. The van der Waals surface area contributed by atoms with Gasteiger partial charge in [-0.1, -0.05) is 118 Å². The van der Waals surface area contributed by atoms with E-state index in [4.69, 9.17) is 0 Å². The van der Waals surface area contributed by atoms with Crippen molar-refractivity contribution in [3.63, 3.8) is 0 Å². The molecule has 0 aromatic heterocycles. The molecule has 2 aromatic carbocycles. The molecular formula is C38H62O2S. The number of benzene rings is 2. The lowest BCUT2D eigenvalue weighted by Crippen LogP contribution is -2.16. The van der Waals surface area contributed by atoms with Crippen LogP contribution < -0.4 is 0 Å². The lowest BCUT2D eigenvalue weighted by molar-refractivity contribution is 0.445. The number of phenols is 2. The zero-order valence-electron chi connectivity index (χ0n) is 28.1. The minimum absolute atomic E-state index is 0.136. The van der Waals surface area contributed by atoms with Crippen LogP contribution in [0.2, 0.25) is 0 Å².